The van der Waals surface area contributed by atoms with Crippen molar-refractivity contribution in [2.45, 2.75) is 53.4 Å². The number of hydrogen-bond acceptors (Lipinski definition) is 4. The molecule has 0 saturated heterocycles. The van der Waals surface area contributed by atoms with Crippen LogP contribution in [-0.4, -0.2) is 25.2 Å². The van der Waals surface area contributed by atoms with Crippen LogP contribution in [0.1, 0.15) is 74.1 Å². The summed E-state index contributed by atoms with van der Waals surface area (Å²) in [5, 5.41) is 0. The maximum atomic E-state index is 12.0. The fraction of sp³-hybridized carbons (Fsp3) is 0.600. The third-order valence-corrected chi connectivity index (χ3v) is 3.65. The van der Waals surface area contributed by atoms with Crippen molar-refractivity contribution in [1.82, 2.24) is 0 Å². The Hall–Kier alpha value is -1.84. The van der Waals surface area contributed by atoms with Crippen molar-refractivity contribution < 1.29 is 19.1 Å². The van der Waals surface area contributed by atoms with E-state index in [1.165, 1.54) is 6.07 Å². The number of carbonyl (C=O) groups excluding carboxylic acids is 2. The molecule has 0 unspecified atom stereocenters. The molecule has 134 valence electrons. The molecule has 0 heterocycles. The first kappa shape index (κ1) is 20.2. The van der Waals surface area contributed by atoms with Gasteiger partial charge >= 0.3 is 11.9 Å². The Labute approximate surface area is 145 Å². The van der Waals surface area contributed by atoms with E-state index >= 15 is 0 Å². The Bertz CT molecular complexity index is 477. The molecule has 0 fully saturated rings. The van der Waals surface area contributed by atoms with Crippen LogP contribution < -0.4 is 0 Å². The molecular formula is C20H30O4. The highest BCUT2D eigenvalue weighted by molar-refractivity contribution is 5.95. The molecule has 0 aliphatic rings. The average Bonchev–Trinajstić information content (AvgIpc) is 2.55. The lowest BCUT2D eigenvalue weighted by atomic mass is 10.1. The zero-order valence-corrected chi connectivity index (χ0v) is 15.3. The van der Waals surface area contributed by atoms with Gasteiger partial charge in [0.05, 0.1) is 24.3 Å². The summed E-state index contributed by atoms with van der Waals surface area (Å²) in [6.45, 7) is 9.36. The molecule has 1 rings (SSSR count). The maximum Gasteiger partial charge on any atom is 0.338 e. The van der Waals surface area contributed by atoms with Crippen molar-refractivity contribution in [3.63, 3.8) is 0 Å². The van der Waals surface area contributed by atoms with Crippen LogP contribution in [-0.2, 0) is 9.47 Å². The largest absolute Gasteiger partial charge is 0.462 e. The zero-order chi connectivity index (χ0) is 17.9. The lowest BCUT2D eigenvalue weighted by Gasteiger charge is -2.08. The van der Waals surface area contributed by atoms with E-state index in [1.807, 2.05) is 0 Å². The van der Waals surface area contributed by atoms with Crippen LogP contribution in [0.15, 0.2) is 24.3 Å². The Balaban J connectivity index is 2.47. The van der Waals surface area contributed by atoms with Crippen LogP contribution in [0.3, 0.4) is 0 Å². The van der Waals surface area contributed by atoms with Crippen molar-refractivity contribution in [2.75, 3.05) is 13.2 Å². The average molecular weight is 334 g/mol. The first-order chi connectivity index (χ1) is 11.4. The molecule has 0 saturated carbocycles. The Morgan fingerprint density at radius 1 is 0.833 bits per heavy atom. The van der Waals surface area contributed by atoms with E-state index in [0.29, 0.717) is 36.2 Å². The van der Waals surface area contributed by atoms with Gasteiger partial charge in [-0.1, -0.05) is 33.8 Å². The first-order valence-corrected chi connectivity index (χ1v) is 8.84. The standard InChI is InChI=1S/C20H30O4/c1-15(2)8-6-12-23-19(21)17-10-5-11-18(14-17)20(22)24-13-7-9-16(3)4/h5,10-11,14-16H,6-9,12-13H2,1-4H3. The number of hydrogen-bond donors (Lipinski definition) is 0. The second kappa shape index (κ2) is 10.8. The summed E-state index contributed by atoms with van der Waals surface area (Å²) in [6.07, 6.45) is 3.74. The third kappa shape index (κ3) is 8.14. The molecule has 0 spiro atoms. The monoisotopic (exact) mass is 334 g/mol. The van der Waals surface area contributed by atoms with Crippen LogP contribution in [0.2, 0.25) is 0 Å². The van der Waals surface area contributed by atoms with E-state index in [4.69, 9.17) is 9.47 Å². The van der Waals surface area contributed by atoms with Gasteiger partial charge in [0, 0.05) is 0 Å². The molecule has 1 aromatic rings. The first-order valence-electron chi connectivity index (χ1n) is 8.84. The normalized spacial score (nSPS) is 10.9. The summed E-state index contributed by atoms with van der Waals surface area (Å²) in [5.74, 6) is 0.399. The molecule has 0 radical (unpaired) electrons. The van der Waals surface area contributed by atoms with Gasteiger partial charge in [-0.3, -0.25) is 0 Å². The summed E-state index contributed by atoms with van der Waals surface area (Å²) in [6, 6.07) is 6.52. The minimum Gasteiger partial charge on any atom is -0.462 e. The quantitative estimate of drug-likeness (QED) is 0.452. The SMILES string of the molecule is CC(C)CCCOC(=O)c1cccc(C(=O)OCCCC(C)C)c1. The topological polar surface area (TPSA) is 52.6 Å². The fourth-order valence-corrected chi connectivity index (χ4v) is 2.25. The third-order valence-electron chi connectivity index (χ3n) is 3.65. The van der Waals surface area contributed by atoms with E-state index in [2.05, 4.69) is 27.7 Å². The van der Waals surface area contributed by atoms with Crippen LogP contribution >= 0.6 is 0 Å². The number of carbonyl (C=O) groups is 2. The lowest BCUT2D eigenvalue weighted by Crippen LogP contribution is -2.10. The van der Waals surface area contributed by atoms with Crippen molar-refractivity contribution in [1.29, 1.82) is 0 Å². The molecule has 1 aromatic carbocycles. The lowest BCUT2D eigenvalue weighted by molar-refractivity contribution is 0.0493. The van der Waals surface area contributed by atoms with Crippen molar-refractivity contribution in [3.8, 4) is 0 Å². The highest BCUT2D eigenvalue weighted by Gasteiger charge is 2.12. The van der Waals surface area contributed by atoms with Crippen LogP contribution in [0.4, 0.5) is 0 Å². The molecule has 0 amide bonds. The molecule has 0 atom stereocenters. The van der Waals surface area contributed by atoms with E-state index in [1.54, 1.807) is 18.2 Å². The summed E-state index contributed by atoms with van der Waals surface area (Å²) in [5.41, 5.74) is 0.771. The molecule has 0 aliphatic carbocycles. The van der Waals surface area contributed by atoms with Crippen LogP contribution in [0, 0.1) is 11.8 Å². The number of ether oxygens (including phenoxy) is 2. The molecular weight excluding hydrogens is 304 g/mol. The van der Waals surface area contributed by atoms with Crippen molar-refractivity contribution >= 4 is 11.9 Å². The Morgan fingerprint density at radius 2 is 1.25 bits per heavy atom. The minimum absolute atomic E-state index is 0.385. The molecule has 4 heteroatoms. The van der Waals surface area contributed by atoms with Gasteiger partial charge in [0.2, 0.25) is 0 Å². The molecule has 0 N–H and O–H groups in total. The van der Waals surface area contributed by atoms with Gasteiger partial charge in [0.1, 0.15) is 0 Å². The van der Waals surface area contributed by atoms with E-state index in [0.717, 1.165) is 25.7 Å². The highest BCUT2D eigenvalue weighted by atomic mass is 16.5. The van der Waals surface area contributed by atoms with Gasteiger partial charge in [-0.15, -0.1) is 0 Å². The molecule has 0 bridgehead atoms. The summed E-state index contributed by atoms with van der Waals surface area (Å²) >= 11 is 0. The highest BCUT2D eigenvalue weighted by Crippen LogP contribution is 2.11. The van der Waals surface area contributed by atoms with Crippen LogP contribution in [0.25, 0.3) is 0 Å². The molecule has 0 aromatic heterocycles. The summed E-state index contributed by atoms with van der Waals surface area (Å²) < 4.78 is 10.5. The van der Waals surface area contributed by atoms with Gasteiger partial charge in [-0.25, -0.2) is 9.59 Å². The number of esters is 2. The zero-order valence-electron chi connectivity index (χ0n) is 15.3. The predicted molar refractivity (Wildman–Crippen MR) is 95.2 cm³/mol. The van der Waals surface area contributed by atoms with E-state index in [9.17, 15) is 9.59 Å². The van der Waals surface area contributed by atoms with Crippen molar-refractivity contribution in [2.24, 2.45) is 11.8 Å². The van der Waals surface area contributed by atoms with Gasteiger partial charge < -0.3 is 9.47 Å². The second-order valence-electron chi connectivity index (χ2n) is 6.92. The van der Waals surface area contributed by atoms with Gasteiger partial charge in [-0.05, 0) is 55.7 Å². The Kier molecular flexibility index (Phi) is 9.13. The minimum atomic E-state index is -0.395. The van der Waals surface area contributed by atoms with Gasteiger partial charge in [0.25, 0.3) is 0 Å². The second-order valence-corrected chi connectivity index (χ2v) is 6.92. The molecule has 0 aliphatic heterocycles. The number of rotatable bonds is 10. The van der Waals surface area contributed by atoms with E-state index < -0.39 is 11.9 Å². The smallest absolute Gasteiger partial charge is 0.338 e. The molecule has 4 nitrogen and oxygen atoms in total. The van der Waals surface area contributed by atoms with Crippen LogP contribution in [0.5, 0.6) is 0 Å². The predicted octanol–water partition coefficient (Wildman–Crippen LogP) is 4.87. The maximum absolute atomic E-state index is 12.0. The Morgan fingerprint density at radius 3 is 1.62 bits per heavy atom. The number of benzene rings is 1. The van der Waals surface area contributed by atoms with E-state index in [-0.39, 0.29) is 0 Å². The summed E-state index contributed by atoms with van der Waals surface area (Å²) in [4.78, 5) is 24.1. The molecule has 24 heavy (non-hydrogen) atoms. The van der Waals surface area contributed by atoms with Crippen molar-refractivity contribution in [3.05, 3.63) is 35.4 Å². The summed E-state index contributed by atoms with van der Waals surface area (Å²) in [7, 11) is 0. The van der Waals surface area contributed by atoms with Gasteiger partial charge in [0.15, 0.2) is 0 Å². The fourth-order valence-electron chi connectivity index (χ4n) is 2.25. The van der Waals surface area contributed by atoms with Gasteiger partial charge in [-0.2, -0.15) is 0 Å².